The predicted octanol–water partition coefficient (Wildman–Crippen LogP) is 2.10. The molecule has 0 aromatic heterocycles. The SMILES string of the molecule is COc1cccc(CCCON=C(C)C(=O)O)c1. The number of carboxylic acid groups (broad SMARTS) is 1. The van der Waals surface area contributed by atoms with Crippen LogP contribution in [-0.4, -0.2) is 30.5 Å². The Morgan fingerprint density at radius 1 is 1.44 bits per heavy atom. The summed E-state index contributed by atoms with van der Waals surface area (Å²) in [5.41, 5.74) is 1.10. The molecule has 0 fully saturated rings. The predicted molar refractivity (Wildman–Crippen MR) is 68.0 cm³/mol. The Labute approximate surface area is 106 Å². The fraction of sp³-hybridized carbons (Fsp3) is 0.385. The van der Waals surface area contributed by atoms with Crippen LogP contribution in [0.5, 0.6) is 5.75 Å². The smallest absolute Gasteiger partial charge is 0.353 e. The van der Waals surface area contributed by atoms with Gasteiger partial charge in [0.1, 0.15) is 12.4 Å². The molecule has 1 rings (SSSR count). The van der Waals surface area contributed by atoms with Crippen LogP contribution < -0.4 is 4.74 Å². The highest BCUT2D eigenvalue weighted by atomic mass is 16.6. The Morgan fingerprint density at radius 2 is 2.22 bits per heavy atom. The maximum Gasteiger partial charge on any atom is 0.353 e. The van der Waals surface area contributed by atoms with Gasteiger partial charge in [-0.25, -0.2) is 4.79 Å². The largest absolute Gasteiger partial charge is 0.497 e. The molecule has 0 unspecified atom stereocenters. The van der Waals surface area contributed by atoms with Gasteiger partial charge in [-0.1, -0.05) is 17.3 Å². The van der Waals surface area contributed by atoms with Gasteiger partial charge in [-0.05, 0) is 37.5 Å². The number of methoxy groups -OCH3 is 1. The molecule has 0 amide bonds. The van der Waals surface area contributed by atoms with Crippen molar-refractivity contribution in [3.05, 3.63) is 29.8 Å². The van der Waals surface area contributed by atoms with E-state index in [1.807, 2.05) is 24.3 Å². The van der Waals surface area contributed by atoms with Gasteiger partial charge < -0.3 is 14.7 Å². The molecule has 0 heterocycles. The lowest BCUT2D eigenvalue weighted by Gasteiger charge is -2.04. The van der Waals surface area contributed by atoms with Crippen LogP contribution in [0.15, 0.2) is 29.4 Å². The van der Waals surface area contributed by atoms with Crippen LogP contribution in [0.1, 0.15) is 18.9 Å². The molecule has 0 saturated heterocycles. The van der Waals surface area contributed by atoms with Gasteiger partial charge in [0.2, 0.25) is 0 Å². The van der Waals surface area contributed by atoms with Gasteiger partial charge in [0.05, 0.1) is 7.11 Å². The number of hydrogen-bond donors (Lipinski definition) is 1. The molecule has 1 aromatic rings. The monoisotopic (exact) mass is 251 g/mol. The third-order valence-corrected chi connectivity index (χ3v) is 2.35. The Balaban J connectivity index is 2.29. The number of hydrogen-bond acceptors (Lipinski definition) is 4. The van der Waals surface area contributed by atoms with E-state index in [1.165, 1.54) is 6.92 Å². The first-order valence-electron chi connectivity index (χ1n) is 5.66. The first-order chi connectivity index (χ1) is 8.63. The molecule has 0 spiro atoms. The summed E-state index contributed by atoms with van der Waals surface area (Å²) in [6.07, 6.45) is 1.60. The molecule has 0 bridgehead atoms. The number of carbonyl (C=O) groups is 1. The molecule has 5 nitrogen and oxygen atoms in total. The molecule has 98 valence electrons. The third-order valence-electron chi connectivity index (χ3n) is 2.35. The van der Waals surface area contributed by atoms with E-state index in [0.29, 0.717) is 6.61 Å². The standard InChI is InChI=1S/C13H17NO4/c1-10(13(15)16)14-18-8-4-6-11-5-3-7-12(9-11)17-2/h3,5,7,9H,4,6,8H2,1-2H3,(H,15,16). The van der Waals surface area contributed by atoms with E-state index in [0.717, 1.165) is 24.2 Å². The highest BCUT2D eigenvalue weighted by Gasteiger charge is 2.01. The fourth-order valence-corrected chi connectivity index (χ4v) is 1.35. The number of oxime groups is 1. The topological polar surface area (TPSA) is 68.1 Å². The zero-order valence-corrected chi connectivity index (χ0v) is 10.5. The normalized spacial score (nSPS) is 11.1. The first kappa shape index (κ1) is 14.0. The van der Waals surface area contributed by atoms with Gasteiger partial charge >= 0.3 is 5.97 Å². The van der Waals surface area contributed by atoms with Crippen molar-refractivity contribution >= 4 is 11.7 Å². The molecule has 0 radical (unpaired) electrons. The lowest BCUT2D eigenvalue weighted by atomic mass is 10.1. The number of aliphatic carboxylic acids is 1. The van der Waals surface area contributed by atoms with Gasteiger partial charge in [-0.15, -0.1) is 0 Å². The quantitative estimate of drug-likeness (QED) is 0.458. The van der Waals surface area contributed by atoms with Crippen LogP contribution in [0, 0.1) is 0 Å². The summed E-state index contributed by atoms with van der Waals surface area (Å²) in [5, 5.41) is 12.0. The highest BCUT2D eigenvalue weighted by Crippen LogP contribution is 2.13. The minimum Gasteiger partial charge on any atom is -0.497 e. The van der Waals surface area contributed by atoms with Crippen molar-refractivity contribution in [1.29, 1.82) is 0 Å². The number of ether oxygens (including phenoxy) is 1. The number of carboxylic acids is 1. The zero-order valence-electron chi connectivity index (χ0n) is 10.5. The summed E-state index contributed by atoms with van der Waals surface area (Å²) >= 11 is 0. The molecule has 1 N–H and O–H groups in total. The van der Waals surface area contributed by atoms with Crippen LogP contribution in [0.25, 0.3) is 0 Å². The van der Waals surface area contributed by atoms with Crippen molar-refractivity contribution in [2.45, 2.75) is 19.8 Å². The summed E-state index contributed by atoms with van der Waals surface area (Å²) in [6.45, 7) is 1.78. The van der Waals surface area contributed by atoms with Gasteiger partial charge in [0.15, 0.2) is 5.71 Å². The fourth-order valence-electron chi connectivity index (χ4n) is 1.35. The van der Waals surface area contributed by atoms with Crippen LogP contribution >= 0.6 is 0 Å². The van der Waals surface area contributed by atoms with Gasteiger partial charge in [0.25, 0.3) is 0 Å². The minimum absolute atomic E-state index is 0.0450. The van der Waals surface area contributed by atoms with Gasteiger partial charge in [-0.3, -0.25) is 0 Å². The van der Waals surface area contributed by atoms with Crippen molar-refractivity contribution in [1.82, 2.24) is 0 Å². The van der Waals surface area contributed by atoms with Crippen molar-refractivity contribution in [2.75, 3.05) is 13.7 Å². The number of benzene rings is 1. The van der Waals surface area contributed by atoms with Crippen molar-refractivity contribution in [3.63, 3.8) is 0 Å². The van der Waals surface area contributed by atoms with Gasteiger partial charge in [-0.2, -0.15) is 0 Å². The second-order valence-electron chi connectivity index (χ2n) is 3.77. The summed E-state index contributed by atoms with van der Waals surface area (Å²) in [7, 11) is 1.63. The van der Waals surface area contributed by atoms with Crippen LogP contribution in [-0.2, 0) is 16.1 Å². The van der Waals surface area contributed by atoms with E-state index >= 15 is 0 Å². The van der Waals surface area contributed by atoms with Crippen LogP contribution in [0.4, 0.5) is 0 Å². The second-order valence-corrected chi connectivity index (χ2v) is 3.77. The van der Waals surface area contributed by atoms with E-state index in [2.05, 4.69) is 5.16 Å². The number of nitrogens with zero attached hydrogens (tertiary/aromatic N) is 1. The molecule has 1 aromatic carbocycles. The second kappa shape index (κ2) is 7.32. The molecule has 0 aliphatic carbocycles. The molecule has 5 heteroatoms. The molecule has 0 saturated carbocycles. The number of rotatable bonds is 7. The Kier molecular flexibility index (Phi) is 5.70. The average molecular weight is 251 g/mol. The maximum absolute atomic E-state index is 10.4. The van der Waals surface area contributed by atoms with E-state index in [9.17, 15) is 4.79 Å². The summed E-state index contributed by atoms with van der Waals surface area (Å²) in [4.78, 5) is 15.3. The maximum atomic E-state index is 10.4. The third kappa shape index (κ3) is 4.86. The van der Waals surface area contributed by atoms with Gasteiger partial charge in [0, 0.05) is 0 Å². The van der Waals surface area contributed by atoms with Crippen LogP contribution in [0.2, 0.25) is 0 Å². The summed E-state index contributed by atoms with van der Waals surface area (Å²) in [5.74, 6) is -0.240. The molecule has 18 heavy (non-hydrogen) atoms. The lowest BCUT2D eigenvalue weighted by Crippen LogP contribution is -2.08. The van der Waals surface area contributed by atoms with E-state index in [1.54, 1.807) is 7.11 Å². The van der Waals surface area contributed by atoms with Crippen LogP contribution in [0.3, 0.4) is 0 Å². The molecule has 0 aliphatic heterocycles. The first-order valence-corrected chi connectivity index (χ1v) is 5.66. The summed E-state index contributed by atoms with van der Waals surface area (Å²) < 4.78 is 5.12. The molecule has 0 aliphatic rings. The molecular weight excluding hydrogens is 234 g/mol. The van der Waals surface area contributed by atoms with Crippen molar-refractivity contribution < 1.29 is 19.5 Å². The minimum atomic E-state index is -1.07. The van der Waals surface area contributed by atoms with Crippen molar-refractivity contribution in [3.8, 4) is 5.75 Å². The lowest BCUT2D eigenvalue weighted by molar-refractivity contribution is -0.129. The average Bonchev–Trinajstić information content (AvgIpc) is 2.38. The van der Waals surface area contributed by atoms with E-state index < -0.39 is 5.97 Å². The highest BCUT2D eigenvalue weighted by molar-refractivity contribution is 6.34. The molecular formula is C13H17NO4. The van der Waals surface area contributed by atoms with E-state index in [-0.39, 0.29) is 5.71 Å². The number of aryl methyl sites for hydroxylation is 1. The Bertz CT molecular complexity index is 429. The summed E-state index contributed by atoms with van der Waals surface area (Å²) in [6, 6.07) is 7.79. The zero-order chi connectivity index (χ0) is 13.4. The van der Waals surface area contributed by atoms with Crippen molar-refractivity contribution in [2.24, 2.45) is 5.16 Å². The Morgan fingerprint density at radius 3 is 2.89 bits per heavy atom. The Hall–Kier alpha value is -2.04. The van der Waals surface area contributed by atoms with E-state index in [4.69, 9.17) is 14.7 Å². The molecule has 0 atom stereocenters.